The first-order valence-electron chi connectivity index (χ1n) is 5.84. The normalized spacial score (nSPS) is 10.7. The van der Waals surface area contributed by atoms with E-state index in [4.69, 9.17) is 0 Å². The fourth-order valence-corrected chi connectivity index (χ4v) is 2.24. The van der Waals surface area contributed by atoms with Gasteiger partial charge in [-0.2, -0.15) is 5.10 Å². The molecule has 2 aromatic heterocycles. The van der Waals surface area contributed by atoms with E-state index in [2.05, 4.69) is 34.3 Å². The molecule has 2 heterocycles. The van der Waals surface area contributed by atoms with Crippen LogP contribution in [0.1, 0.15) is 41.0 Å². The maximum Gasteiger partial charge on any atom is 0.272 e. The predicted octanol–water partition coefficient (Wildman–Crippen LogP) is 1.28. The molecule has 0 aliphatic carbocycles. The second kappa shape index (κ2) is 5.75. The van der Waals surface area contributed by atoms with Crippen LogP contribution in [0.4, 0.5) is 0 Å². The van der Waals surface area contributed by atoms with Crippen LogP contribution in [-0.4, -0.2) is 21.1 Å². The second-order valence-electron chi connectivity index (χ2n) is 4.32. The van der Waals surface area contributed by atoms with Gasteiger partial charge in [0.15, 0.2) is 0 Å². The van der Waals surface area contributed by atoms with E-state index in [9.17, 15) is 9.59 Å². The molecule has 0 aliphatic rings. The molecule has 2 N–H and O–H groups in total. The summed E-state index contributed by atoms with van der Waals surface area (Å²) in [5.74, 6) is 0.0469. The molecule has 0 unspecified atom stereocenters. The predicted molar refractivity (Wildman–Crippen MR) is 72.2 cm³/mol. The highest BCUT2D eigenvalue weighted by Gasteiger charge is 2.09. The number of carbonyl (C=O) groups excluding carboxylic acids is 1. The van der Waals surface area contributed by atoms with Crippen molar-refractivity contribution in [2.75, 3.05) is 0 Å². The summed E-state index contributed by atoms with van der Waals surface area (Å²) in [5, 5.41) is 11.6. The Hall–Kier alpha value is -2.02. The number of aromatic amines is 1. The molecule has 1 amide bonds. The molecule has 6 nitrogen and oxygen atoms in total. The summed E-state index contributed by atoms with van der Waals surface area (Å²) in [6.07, 6.45) is 0. The SMILES string of the molecule is CC(C)c1nc(CNC(=O)c2ccc(=O)[nH]n2)cs1. The van der Waals surface area contributed by atoms with Gasteiger partial charge in [-0.15, -0.1) is 11.3 Å². The van der Waals surface area contributed by atoms with Gasteiger partial charge in [0.25, 0.3) is 11.5 Å². The van der Waals surface area contributed by atoms with E-state index in [1.54, 1.807) is 11.3 Å². The molecule has 2 rings (SSSR count). The van der Waals surface area contributed by atoms with Gasteiger partial charge in [0, 0.05) is 17.4 Å². The minimum Gasteiger partial charge on any atom is -0.345 e. The molecule has 2 aromatic rings. The van der Waals surface area contributed by atoms with Crippen molar-refractivity contribution in [1.82, 2.24) is 20.5 Å². The van der Waals surface area contributed by atoms with Gasteiger partial charge < -0.3 is 5.32 Å². The van der Waals surface area contributed by atoms with Gasteiger partial charge in [0.1, 0.15) is 5.69 Å². The van der Waals surface area contributed by atoms with Crippen LogP contribution >= 0.6 is 11.3 Å². The summed E-state index contributed by atoms with van der Waals surface area (Å²) in [6, 6.07) is 2.65. The number of carbonyl (C=O) groups is 1. The Bertz CT molecular complexity index is 612. The number of nitrogens with one attached hydrogen (secondary N) is 2. The number of hydrogen-bond donors (Lipinski definition) is 2. The Morgan fingerprint density at radius 1 is 1.47 bits per heavy atom. The summed E-state index contributed by atoms with van der Waals surface area (Å²) in [7, 11) is 0. The second-order valence-corrected chi connectivity index (χ2v) is 5.21. The maximum absolute atomic E-state index is 11.7. The molecule has 0 atom stereocenters. The van der Waals surface area contributed by atoms with Gasteiger partial charge in [0.05, 0.1) is 17.2 Å². The molecule has 19 heavy (non-hydrogen) atoms. The van der Waals surface area contributed by atoms with Crippen molar-refractivity contribution >= 4 is 17.2 Å². The Labute approximate surface area is 113 Å². The van der Waals surface area contributed by atoms with Crippen LogP contribution < -0.4 is 10.9 Å². The smallest absolute Gasteiger partial charge is 0.272 e. The molecule has 7 heteroatoms. The van der Waals surface area contributed by atoms with Gasteiger partial charge in [0.2, 0.25) is 0 Å². The van der Waals surface area contributed by atoms with Crippen molar-refractivity contribution in [2.24, 2.45) is 0 Å². The molecular weight excluding hydrogens is 264 g/mol. The first-order chi connectivity index (χ1) is 9.06. The van der Waals surface area contributed by atoms with Crippen molar-refractivity contribution in [3.63, 3.8) is 0 Å². The Morgan fingerprint density at radius 3 is 2.84 bits per heavy atom. The van der Waals surface area contributed by atoms with E-state index in [-0.39, 0.29) is 17.2 Å². The number of aromatic nitrogens is 3. The summed E-state index contributed by atoms with van der Waals surface area (Å²) in [5.41, 5.74) is 0.669. The lowest BCUT2D eigenvalue weighted by atomic mass is 10.2. The molecule has 0 fully saturated rings. The van der Waals surface area contributed by atoms with E-state index >= 15 is 0 Å². The van der Waals surface area contributed by atoms with Gasteiger partial charge >= 0.3 is 0 Å². The zero-order valence-corrected chi connectivity index (χ0v) is 11.5. The van der Waals surface area contributed by atoms with E-state index < -0.39 is 0 Å². The van der Waals surface area contributed by atoms with Crippen LogP contribution in [0.3, 0.4) is 0 Å². The quantitative estimate of drug-likeness (QED) is 0.882. The Balaban J connectivity index is 1.96. The van der Waals surface area contributed by atoms with Crippen molar-refractivity contribution in [3.8, 4) is 0 Å². The molecule has 0 bridgehead atoms. The van der Waals surface area contributed by atoms with Crippen molar-refractivity contribution in [2.45, 2.75) is 26.3 Å². The standard InChI is InChI=1S/C12H14N4O2S/c1-7(2)12-14-8(6-19-12)5-13-11(18)9-3-4-10(17)16-15-9/h3-4,6-7H,5H2,1-2H3,(H,13,18)(H,16,17). The van der Waals surface area contributed by atoms with Crippen LogP contribution in [0.25, 0.3) is 0 Å². The van der Waals surface area contributed by atoms with E-state index in [1.807, 2.05) is 5.38 Å². The van der Waals surface area contributed by atoms with Crippen molar-refractivity contribution in [1.29, 1.82) is 0 Å². The molecule has 0 aromatic carbocycles. The number of thiazole rings is 1. The molecule has 0 saturated heterocycles. The molecular formula is C12H14N4O2S. The van der Waals surface area contributed by atoms with E-state index in [1.165, 1.54) is 12.1 Å². The molecule has 0 spiro atoms. The summed E-state index contributed by atoms with van der Waals surface area (Å²) in [4.78, 5) is 27.0. The van der Waals surface area contributed by atoms with Gasteiger partial charge in [-0.3, -0.25) is 9.59 Å². The van der Waals surface area contributed by atoms with E-state index in [0.717, 1.165) is 10.7 Å². The third kappa shape index (κ3) is 3.47. The minimum absolute atomic E-state index is 0.180. The largest absolute Gasteiger partial charge is 0.345 e. The Morgan fingerprint density at radius 2 is 2.26 bits per heavy atom. The van der Waals surface area contributed by atoms with Gasteiger partial charge in [-0.1, -0.05) is 13.8 Å². The van der Waals surface area contributed by atoms with Crippen molar-refractivity contribution < 1.29 is 4.79 Å². The zero-order valence-electron chi connectivity index (χ0n) is 10.6. The highest BCUT2D eigenvalue weighted by atomic mass is 32.1. The summed E-state index contributed by atoms with van der Waals surface area (Å²) >= 11 is 1.58. The lowest BCUT2D eigenvalue weighted by Gasteiger charge is -2.02. The summed E-state index contributed by atoms with van der Waals surface area (Å²) < 4.78 is 0. The number of nitrogens with zero attached hydrogens (tertiary/aromatic N) is 2. The lowest BCUT2D eigenvalue weighted by Crippen LogP contribution is -2.25. The molecule has 0 saturated carbocycles. The topological polar surface area (TPSA) is 87.7 Å². The van der Waals surface area contributed by atoms with E-state index in [0.29, 0.717) is 12.5 Å². The van der Waals surface area contributed by atoms with Gasteiger partial charge in [-0.05, 0) is 6.07 Å². The third-order valence-corrected chi connectivity index (χ3v) is 3.60. The third-order valence-electron chi connectivity index (χ3n) is 2.41. The first-order valence-corrected chi connectivity index (χ1v) is 6.72. The summed E-state index contributed by atoms with van der Waals surface area (Å²) in [6.45, 7) is 4.50. The zero-order chi connectivity index (χ0) is 13.8. The van der Waals surface area contributed by atoms with Gasteiger partial charge in [-0.25, -0.2) is 10.1 Å². The molecule has 100 valence electrons. The lowest BCUT2D eigenvalue weighted by molar-refractivity contribution is 0.0944. The number of rotatable bonds is 4. The fraction of sp³-hybridized carbons (Fsp3) is 0.333. The van der Waals surface area contributed by atoms with Crippen LogP contribution in [0.5, 0.6) is 0 Å². The first kappa shape index (κ1) is 13.4. The maximum atomic E-state index is 11.7. The highest BCUT2D eigenvalue weighted by molar-refractivity contribution is 7.09. The Kier molecular flexibility index (Phi) is 4.06. The minimum atomic E-state index is -0.338. The number of hydrogen-bond acceptors (Lipinski definition) is 5. The highest BCUT2D eigenvalue weighted by Crippen LogP contribution is 2.18. The number of H-pyrrole nitrogens is 1. The van der Waals surface area contributed by atoms with Crippen LogP contribution in [0, 0.1) is 0 Å². The number of amides is 1. The average Bonchev–Trinajstić information content (AvgIpc) is 2.86. The molecule has 0 aliphatic heterocycles. The van der Waals surface area contributed by atoms with Crippen molar-refractivity contribution in [3.05, 3.63) is 44.3 Å². The average molecular weight is 278 g/mol. The fourth-order valence-electron chi connectivity index (χ4n) is 1.40. The molecule has 0 radical (unpaired) electrons. The van der Waals surface area contributed by atoms with Crippen LogP contribution in [0.2, 0.25) is 0 Å². The van der Waals surface area contributed by atoms with Crippen LogP contribution in [0.15, 0.2) is 22.3 Å². The van der Waals surface area contributed by atoms with Crippen LogP contribution in [-0.2, 0) is 6.54 Å². The monoisotopic (exact) mass is 278 g/mol.